The van der Waals surface area contributed by atoms with Gasteiger partial charge < -0.3 is 11.1 Å². The third-order valence-electron chi connectivity index (χ3n) is 3.65. The molecule has 3 N–H and O–H groups in total. The quantitative estimate of drug-likeness (QED) is 0.497. The van der Waals surface area contributed by atoms with Crippen LogP contribution in [0.4, 0.5) is 16.4 Å². The summed E-state index contributed by atoms with van der Waals surface area (Å²) in [5.74, 6) is -0.176. The number of nitrogen functional groups attached to an aromatic ring is 1. The molecular weight excluding hydrogens is 350 g/mol. The van der Waals surface area contributed by atoms with Crippen molar-refractivity contribution in [2.45, 2.75) is 4.90 Å². The number of thioether (sulfide) groups is 1. The van der Waals surface area contributed by atoms with E-state index in [2.05, 4.69) is 11.4 Å². The minimum absolute atomic E-state index is 0.176. The number of anilines is 3. The Morgan fingerprint density at radius 1 is 1.16 bits per heavy atom. The van der Waals surface area contributed by atoms with E-state index < -0.39 is 0 Å². The lowest BCUT2D eigenvalue weighted by Crippen LogP contribution is -2.02. The summed E-state index contributed by atoms with van der Waals surface area (Å²) >= 11 is 2.86. The fourth-order valence-corrected chi connectivity index (χ4v) is 3.80. The van der Waals surface area contributed by atoms with Crippen LogP contribution in [-0.2, 0) is 0 Å². The molecule has 0 saturated heterocycles. The minimum atomic E-state index is -0.176. The Hall–Kier alpha value is -2.75. The first-order valence-electron chi connectivity index (χ1n) is 7.47. The number of nitriles is 1. The molecule has 0 aliphatic heterocycles. The molecule has 0 amide bonds. The second-order valence-corrected chi connectivity index (χ2v) is 7.11. The van der Waals surface area contributed by atoms with Gasteiger partial charge in [-0.2, -0.15) is 5.26 Å². The number of benzene rings is 2. The van der Waals surface area contributed by atoms with Crippen molar-refractivity contribution in [2.24, 2.45) is 0 Å². The first-order chi connectivity index (χ1) is 12.1. The van der Waals surface area contributed by atoms with E-state index in [-0.39, 0.29) is 11.5 Å². The summed E-state index contributed by atoms with van der Waals surface area (Å²) in [6.45, 7) is 0. The van der Waals surface area contributed by atoms with Crippen molar-refractivity contribution in [1.29, 1.82) is 5.26 Å². The van der Waals surface area contributed by atoms with Crippen LogP contribution in [0.5, 0.6) is 0 Å². The van der Waals surface area contributed by atoms with Crippen LogP contribution in [0.1, 0.15) is 20.8 Å². The van der Waals surface area contributed by atoms with Gasteiger partial charge >= 0.3 is 0 Å². The fourth-order valence-electron chi connectivity index (χ4n) is 2.34. The monoisotopic (exact) mass is 365 g/mol. The maximum Gasteiger partial charge on any atom is 0.205 e. The van der Waals surface area contributed by atoms with Crippen molar-refractivity contribution in [3.05, 3.63) is 70.6 Å². The Balaban J connectivity index is 1.95. The largest absolute Gasteiger partial charge is 0.396 e. The standard InChI is InChI=1S/C19H15N3OS2/c1-24-14-9-7-13(8-10-14)22-19-15(11-20)16(21)18(25-19)17(23)12-5-3-2-4-6-12/h2-10,22H,21H2,1H3. The zero-order chi connectivity index (χ0) is 17.8. The van der Waals surface area contributed by atoms with Gasteiger partial charge in [0.25, 0.3) is 0 Å². The van der Waals surface area contributed by atoms with E-state index >= 15 is 0 Å². The van der Waals surface area contributed by atoms with Crippen LogP contribution in [0.15, 0.2) is 59.5 Å². The van der Waals surface area contributed by atoms with E-state index in [0.717, 1.165) is 10.6 Å². The molecule has 0 atom stereocenters. The Bertz CT molecular complexity index is 941. The second kappa shape index (κ2) is 7.43. The molecule has 3 rings (SSSR count). The molecule has 0 fully saturated rings. The highest BCUT2D eigenvalue weighted by Crippen LogP contribution is 2.38. The number of carbonyl (C=O) groups is 1. The SMILES string of the molecule is CSc1ccc(Nc2sc(C(=O)c3ccccc3)c(N)c2C#N)cc1. The molecule has 0 aliphatic rings. The van der Waals surface area contributed by atoms with E-state index in [4.69, 9.17) is 5.73 Å². The highest BCUT2D eigenvalue weighted by atomic mass is 32.2. The van der Waals surface area contributed by atoms with Gasteiger partial charge in [0.05, 0.1) is 5.69 Å². The summed E-state index contributed by atoms with van der Waals surface area (Å²) in [4.78, 5) is 14.2. The molecule has 0 bridgehead atoms. The Morgan fingerprint density at radius 2 is 1.84 bits per heavy atom. The van der Waals surface area contributed by atoms with E-state index in [1.807, 2.05) is 36.6 Å². The van der Waals surface area contributed by atoms with Crippen LogP contribution in [-0.4, -0.2) is 12.0 Å². The molecule has 0 unspecified atom stereocenters. The van der Waals surface area contributed by atoms with E-state index in [1.54, 1.807) is 36.0 Å². The van der Waals surface area contributed by atoms with Gasteiger partial charge in [-0.1, -0.05) is 30.3 Å². The summed E-state index contributed by atoms with van der Waals surface area (Å²) in [5, 5.41) is 13.2. The molecule has 1 aromatic heterocycles. The Labute approximate surface area is 154 Å². The highest BCUT2D eigenvalue weighted by molar-refractivity contribution is 7.98. The molecule has 0 spiro atoms. The maximum absolute atomic E-state index is 12.7. The van der Waals surface area contributed by atoms with Crippen LogP contribution < -0.4 is 11.1 Å². The Morgan fingerprint density at radius 3 is 2.44 bits per heavy atom. The van der Waals surface area contributed by atoms with Crippen molar-refractivity contribution in [3.8, 4) is 6.07 Å². The molecular formula is C19H15N3OS2. The number of nitrogens with one attached hydrogen (secondary N) is 1. The van der Waals surface area contributed by atoms with E-state index in [0.29, 0.717) is 21.0 Å². The number of thiophene rings is 1. The number of hydrogen-bond donors (Lipinski definition) is 2. The minimum Gasteiger partial charge on any atom is -0.396 e. The van der Waals surface area contributed by atoms with Crippen LogP contribution in [0.2, 0.25) is 0 Å². The van der Waals surface area contributed by atoms with Gasteiger partial charge in [0.1, 0.15) is 21.5 Å². The lowest BCUT2D eigenvalue weighted by Gasteiger charge is -2.05. The molecule has 4 nitrogen and oxygen atoms in total. The van der Waals surface area contributed by atoms with Gasteiger partial charge in [0, 0.05) is 16.1 Å². The van der Waals surface area contributed by atoms with Crippen molar-refractivity contribution in [3.63, 3.8) is 0 Å². The summed E-state index contributed by atoms with van der Waals surface area (Å²) in [6.07, 6.45) is 2.01. The number of ketones is 1. The number of nitrogens with zero attached hydrogens (tertiary/aromatic N) is 1. The maximum atomic E-state index is 12.7. The topological polar surface area (TPSA) is 78.9 Å². The van der Waals surface area contributed by atoms with Gasteiger partial charge in [-0.05, 0) is 30.5 Å². The van der Waals surface area contributed by atoms with E-state index in [1.165, 1.54) is 11.3 Å². The van der Waals surface area contributed by atoms with Crippen molar-refractivity contribution < 1.29 is 4.79 Å². The molecule has 0 saturated carbocycles. The molecule has 25 heavy (non-hydrogen) atoms. The smallest absolute Gasteiger partial charge is 0.205 e. The zero-order valence-electron chi connectivity index (χ0n) is 13.4. The van der Waals surface area contributed by atoms with Crippen LogP contribution in [0, 0.1) is 11.3 Å². The molecule has 1 heterocycles. The average Bonchev–Trinajstić information content (AvgIpc) is 2.97. The molecule has 2 aromatic carbocycles. The third kappa shape index (κ3) is 3.53. The van der Waals surface area contributed by atoms with Crippen molar-refractivity contribution in [2.75, 3.05) is 17.3 Å². The number of rotatable bonds is 5. The molecule has 0 radical (unpaired) electrons. The third-order valence-corrected chi connectivity index (χ3v) is 5.51. The fraction of sp³-hybridized carbons (Fsp3) is 0.0526. The predicted octanol–water partition coefficient (Wildman–Crippen LogP) is 4.90. The lowest BCUT2D eigenvalue weighted by atomic mass is 10.1. The van der Waals surface area contributed by atoms with Gasteiger partial charge in [0.2, 0.25) is 5.78 Å². The summed E-state index contributed by atoms with van der Waals surface area (Å²) < 4.78 is 0. The molecule has 6 heteroatoms. The summed E-state index contributed by atoms with van der Waals surface area (Å²) in [7, 11) is 0. The normalized spacial score (nSPS) is 10.2. The summed E-state index contributed by atoms with van der Waals surface area (Å²) in [6, 6.07) is 18.9. The first-order valence-corrected chi connectivity index (χ1v) is 9.51. The first kappa shape index (κ1) is 17.1. The molecule has 124 valence electrons. The van der Waals surface area contributed by atoms with Crippen molar-refractivity contribution in [1.82, 2.24) is 0 Å². The van der Waals surface area contributed by atoms with Gasteiger partial charge in [-0.25, -0.2) is 0 Å². The van der Waals surface area contributed by atoms with Gasteiger partial charge in [-0.3, -0.25) is 4.79 Å². The van der Waals surface area contributed by atoms with Crippen molar-refractivity contribution >= 4 is 45.3 Å². The molecule has 0 aliphatic carbocycles. The number of hydrogen-bond acceptors (Lipinski definition) is 6. The zero-order valence-corrected chi connectivity index (χ0v) is 15.1. The second-order valence-electron chi connectivity index (χ2n) is 5.21. The van der Waals surface area contributed by atoms with Crippen LogP contribution in [0.3, 0.4) is 0 Å². The summed E-state index contributed by atoms with van der Waals surface area (Å²) in [5.41, 5.74) is 8.00. The Kier molecular flexibility index (Phi) is 5.08. The highest BCUT2D eigenvalue weighted by Gasteiger charge is 2.22. The van der Waals surface area contributed by atoms with Crippen LogP contribution in [0.25, 0.3) is 0 Å². The average molecular weight is 365 g/mol. The van der Waals surface area contributed by atoms with E-state index in [9.17, 15) is 10.1 Å². The predicted molar refractivity (Wildman–Crippen MR) is 105 cm³/mol. The number of carbonyl (C=O) groups excluding carboxylic acids is 1. The van der Waals surface area contributed by atoms with Gasteiger partial charge in [-0.15, -0.1) is 23.1 Å². The van der Waals surface area contributed by atoms with Gasteiger partial charge in [0.15, 0.2) is 0 Å². The lowest BCUT2D eigenvalue weighted by molar-refractivity contribution is 0.104. The number of nitrogens with two attached hydrogens (primary N) is 1. The van der Waals surface area contributed by atoms with Crippen LogP contribution >= 0.6 is 23.1 Å². The molecule has 3 aromatic rings.